The number of ketones is 2. The van der Waals surface area contributed by atoms with Gasteiger partial charge in [0.05, 0.1) is 43.7 Å². The van der Waals surface area contributed by atoms with Gasteiger partial charge in [0.25, 0.3) is 20.0 Å². The van der Waals surface area contributed by atoms with Crippen molar-refractivity contribution in [2.75, 3.05) is 9.44 Å². The first-order chi connectivity index (χ1) is 28.7. The Morgan fingerprint density at radius 1 is 0.623 bits per heavy atom. The van der Waals surface area contributed by atoms with Crippen molar-refractivity contribution in [1.82, 2.24) is 15.0 Å². The Labute approximate surface area is 355 Å². The lowest BCUT2D eigenvalue weighted by molar-refractivity contribution is -0.137. The smallest absolute Gasteiger partial charge is 0.417 e. The fourth-order valence-corrected chi connectivity index (χ4v) is 7.50. The number of aromatic nitrogens is 3. The molecule has 3 aromatic heterocycles. The largest absolute Gasteiger partial charge is 0.491 e. The van der Waals surface area contributed by atoms with E-state index < -0.39 is 54.7 Å². The summed E-state index contributed by atoms with van der Waals surface area (Å²) in [6.07, 6.45) is -0.232. The molecule has 6 aromatic rings. The first-order valence-corrected chi connectivity index (χ1v) is 21.4. The van der Waals surface area contributed by atoms with Gasteiger partial charge in [0, 0.05) is 35.9 Å². The number of ether oxygens (including phenoxy) is 2. The molecular formula is C42H37ClF3N5O8S2. The van der Waals surface area contributed by atoms with Gasteiger partial charge in [-0.3, -0.25) is 24.0 Å². The zero-order chi connectivity index (χ0) is 44.5. The van der Waals surface area contributed by atoms with Gasteiger partial charge < -0.3 is 9.47 Å². The van der Waals surface area contributed by atoms with E-state index in [0.29, 0.717) is 29.3 Å². The number of sulfonamides is 2. The first-order valence-electron chi connectivity index (χ1n) is 18.1. The van der Waals surface area contributed by atoms with Gasteiger partial charge in [-0.15, -0.1) is 0 Å². The number of hydrogen-bond donors (Lipinski definition) is 2. The summed E-state index contributed by atoms with van der Waals surface area (Å²) >= 11 is 5.98. The molecule has 0 unspecified atom stereocenters. The van der Waals surface area contributed by atoms with Crippen molar-refractivity contribution >= 4 is 54.8 Å². The van der Waals surface area contributed by atoms with Gasteiger partial charge in [-0.1, -0.05) is 41.9 Å². The molecule has 61 heavy (non-hydrogen) atoms. The molecule has 13 nitrogen and oxygen atoms in total. The Morgan fingerprint density at radius 2 is 1.05 bits per heavy atom. The Bertz CT molecular complexity index is 2710. The minimum atomic E-state index is -4.76. The maximum absolute atomic E-state index is 13.2. The van der Waals surface area contributed by atoms with Gasteiger partial charge in [-0.25, -0.2) is 26.8 Å². The Balaban J connectivity index is 0.000000232. The van der Waals surface area contributed by atoms with Crippen LogP contribution in [0.15, 0.2) is 138 Å². The van der Waals surface area contributed by atoms with Crippen LogP contribution in [0.1, 0.15) is 65.1 Å². The van der Waals surface area contributed by atoms with E-state index in [0.717, 1.165) is 0 Å². The molecule has 0 saturated carbocycles. The molecule has 0 bridgehead atoms. The highest BCUT2D eigenvalue weighted by Gasteiger charge is 2.33. The van der Waals surface area contributed by atoms with Crippen LogP contribution in [-0.2, 0) is 26.2 Å². The van der Waals surface area contributed by atoms with E-state index in [1.54, 1.807) is 30.3 Å². The minimum absolute atomic E-state index is 0.00710. The lowest BCUT2D eigenvalue weighted by Gasteiger charge is -2.14. The molecule has 0 saturated heterocycles. The zero-order valence-electron chi connectivity index (χ0n) is 32.7. The van der Waals surface area contributed by atoms with Gasteiger partial charge in [0.2, 0.25) is 0 Å². The lowest BCUT2D eigenvalue weighted by Crippen LogP contribution is -2.18. The summed E-state index contributed by atoms with van der Waals surface area (Å²) in [5.74, 6) is -0.847. The highest BCUT2D eigenvalue weighted by molar-refractivity contribution is 7.93. The maximum Gasteiger partial charge on any atom is 0.417 e. The first kappa shape index (κ1) is 45.7. The number of rotatable bonds is 14. The van der Waals surface area contributed by atoms with E-state index in [2.05, 4.69) is 24.4 Å². The minimum Gasteiger partial charge on any atom is -0.491 e. The third-order valence-corrected chi connectivity index (χ3v) is 10.9. The summed E-state index contributed by atoms with van der Waals surface area (Å²) in [4.78, 5) is 37.0. The number of benzene rings is 3. The van der Waals surface area contributed by atoms with Crippen LogP contribution < -0.4 is 18.9 Å². The van der Waals surface area contributed by atoms with E-state index in [4.69, 9.17) is 21.1 Å². The van der Waals surface area contributed by atoms with Crippen LogP contribution in [0.5, 0.6) is 11.5 Å². The predicted octanol–water partition coefficient (Wildman–Crippen LogP) is 8.87. The van der Waals surface area contributed by atoms with Gasteiger partial charge in [-0.05, 0) is 100 Å². The van der Waals surface area contributed by atoms with Crippen LogP contribution in [0, 0.1) is 0 Å². The summed E-state index contributed by atoms with van der Waals surface area (Å²) in [5, 5.41) is 0.209. The molecule has 318 valence electrons. The van der Waals surface area contributed by atoms with Crippen LogP contribution in [0.2, 0.25) is 5.02 Å². The quantitative estimate of drug-likeness (QED) is 0.0996. The Hall–Kier alpha value is -6.37. The second kappa shape index (κ2) is 19.3. The third-order valence-electron chi connectivity index (χ3n) is 8.01. The molecule has 3 aromatic carbocycles. The van der Waals surface area contributed by atoms with E-state index >= 15 is 0 Å². The molecule has 6 rings (SSSR count). The van der Waals surface area contributed by atoms with E-state index in [1.807, 2.05) is 27.7 Å². The number of nitrogens with zero attached hydrogens (tertiary/aromatic N) is 3. The monoisotopic (exact) mass is 895 g/mol. The number of halogens is 4. The number of hydrogen-bond acceptors (Lipinski definition) is 11. The van der Waals surface area contributed by atoms with Crippen molar-refractivity contribution in [2.45, 2.75) is 55.9 Å². The number of anilines is 2. The summed E-state index contributed by atoms with van der Waals surface area (Å²) in [6, 6.07) is 24.0. The molecule has 2 N–H and O–H groups in total. The normalized spacial score (nSPS) is 11.6. The molecule has 0 spiro atoms. The third kappa shape index (κ3) is 12.3. The van der Waals surface area contributed by atoms with E-state index in [9.17, 15) is 39.6 Å². The molecular weight excluding hydrogens is 859 g/mol. The molecule has 0 amide bonds. The van der Waals surface area contributed by atoms with Crippen molar-refractivity contribution in [1.29, 1.82) is 0 Å². The number of alkyl halides is 3. The van der Waals surface area contributed by atoms with Gasteiger partial charge in [0.1, 0.15) is 11.5 Å². The van der Waals surface area contributed by atoms with Crippen LogP contribution >= 0.6 is 11.6 Å². The van der Waals surface area contributed by atoms with Crippen LogP contribution in [0.4, 0.5) is 24.8 Å². The summed E-state index contributed by atoms with van der Waals surface area (Å²) in [7, 11) is -8.23. The van der Waals surface area contributed by atoms with Crippen molar-refractivity contribution in [3.63, 3.8) is 0 Å². The standard InChI is InChI=1S/C22H19F3N2O4S.C20H18ClN3O4S/c1-14(2)31-17-8-10-18(11-9-17)32(29,30)27-21-19(12-16(13-26-21)22(23,24)25)20(28)15-6-4-3-5-7-15;1-13(2)28-16-3-5-17(6-4-16)29(26,27)24-20-18(11-15(21)12-23-20)19(25)14-7-9-22-10-8-14/h3-14H,1-2H3,(H,26,27);3-13H,1-2H3,(H,23,24). The summed E-state index contributed by atoms with van der Waals surface area (Å²) in [6.45, 7) is 7.38. The number of nitrogens with one attached hydrogen (secondary N) is 2. The topological polar surface area (TPSA) is 184 Å². The molecule has 0 atom stereocenters. The average molecular weight is 896 g/mol. The molecule has 19 heteroatoms. The van der Waals surface area contributed by atoms with Gasteiger partial charge in [-0.2, -0.15) is 13.2 Å². The average Bonchev–Trinajstić information content (AvgIpc) is 3.21. The van der Waals surface area contributed by atoms with Crippen molar-refractivity contribution in [2.24, 2.45) is 0 Å². The molecule has 0 aliphatic rings. The molecule has 0 aliphatic heterocycles. The molecule has 0 fully saturated rings. The predicted molar refractivity (Wildman–Crippen MR) is 222 cm³/mol. The fraction of sp³-hybridized carbons (Fsp3) is 0.167. The number of carbonyl (C=O) groups is 2. The second-order valence-electron chi connectivity index (χ2n) is 13.4. The summed E-state index contributed by atoms with van der Waals surface area (Å²) < 4.78 is 106. The van der Waals surface area contributed by atoms with Gasteiger partial charge >= 0.3 is 6.18 Å². The van der Waals surface area contributed by atoms with Crippen LogP contribution in [0.25, 0.3) is 0 Å². The van der Waals surface area contributed by atoms with Crippen LogP contribution in [0.3, 0.4) is 0 Å². The highest BCUT2D eigenvalue weighted by Crippen LogP contribution is 2.32. The zero-order valence-corrected chi connectivity index (χ0v) is 35.1. The number of carbonyl (C=O) groups excluding carboxylic acids is 2. The summed E-state index contributed by atoms with van der Waals surface area (Å²) in [5.41, 5.74) is -1.24. The Morgan fingerprint density at radius 3 is 1.49 bits per heavy atom. The SMILES string of the molecule is CC(C)Oc1ccc(S(=O)(=O)Nc2ncc(C(F)(F)F)cc2C(=O)c2ccccc2)cc1.CC(C)Oc1ccc(S(=O)(=O)Nc2ncc(Cl)cc2C(=O)c2ccncc2)cc1. The maximum atomic E-state index is 13.2. The fourth-order valence-electron chi connectivity index (χ4n) is 5.28. The van der Waals surface area contributed by atoms with Crippen molar-refractivity contribution in [3.8, 4) is 11.5 Å². The van der Waals surface area contributed by atoms with Crippen molar-refractivity contribution in [3.05, 3.63) is 161 Å². The molecule has 3 heterocycles. The van der Waals surface area contributed by atoms with E-state index in [-0.39, 0.29) is 44.0 Å². The van der Waals surface area contributed by atoms with Crippen molar-refractivity contribution < 1.29 is 49.1 Å². The van der Waals surface area contributed by atoms with E-state index in [1.165, 1.54) is 85.3 Å². The second-order valence-corrected chi connectivity index (χ2v) is 17.2. The number of pyridine rings is 3. The van der Waals surface area contributed by atoms with Gasteiger partial charge in [0.15, 0.2) is 23.2 Å². The molecule has 0 aliphatic carbocycles. The van der Waals surface area contributed by atoms with Crippen LogP contribution in [-0.4, -0.2) is 55.6 Å². The highest BCUT2D eigenvalue weighted by atomic mass is 35.5. The lowest BCUT2D eigenvalue weighted by atomic mass is 10.0. The molecule has 0 radical (unpaired) electrons. The Kier molecular flexibility index (Phi) is 14.5.